The van der Waals surface area contributed by atoms with Crippen molar-refractivity contribution in [2.45, 2.75) is 168 Å². The molecule has 0 bridgehead atoms. The van der Waals surface area contributed by atoms with Gasteiger partial charge >= 0.3 is 6.85 Å². The molecule has 0 amide bonds. The van der Waals surface area contributed by atoms with Crippen LogP contribution in [0.4, 0.5) is 11.4 Å². The van der Waals surface area contributed by atoms with E-state index in [9.17, 15) is 0 Å². The summed E-state index contributed by atoms with van der Waals surface area (Å²) in [6.07, 6.45) is 2.35. The van der Waals surface area contributed by atoms with Crippen molar-refractivity contribution >= 4 is 51.2 Å². The van der Waals surface area contributed by atoms with E-state index in [0.717, 1.165) is 0 Å². The van der Waals surface area contributed by atoms with Crippen LogP contribution in [0.15, 0.2) is 127 Å². The van der Waals surface area contributed by atoms with Gasteiger partial charge in [0.1, 0.15) is 0 Å². The Morgan fingerprint density at radius 2 is 1.04 bits per heavy atom. The van der Waals surface area contributed by atoms with Gasteiger partial charge < -0.3 is 9.38 Å². The van der Waals surface area contributed by atoms with Gasteiger partial charge in [-0.1, -0.05) is 190 Å². The third-order valence-electron chi connectivity index (χ3n) is 19.1. The molecule has 7 aromatic carbocycles. The first-order valence-electron chi connectivity index (χ1n) is 27.5. The highest BCUT2D eigenvalue weighted by Crippen LogP contribution is 2.64. The topological polar surface area (TPSA) is 8.17 Å². The van der Waals surface area contributed by atoms with Crippen molar-refractivity contribution in [3.63, 3.8) is 0 Å². The zero-order chi connectivity index (χ0) is 51.6. The molecule has 368 valence electrons. The maximum absolute atomic E-state index is 2.87. The Hall–Kier alpha value is -6.06. The Morgan fingerprint density at radius 1 is 0.452 bits per heavy atom. The normalized spacial score (nSPS) is 18.4. The van der Waals surface area contributed by atoms with Crippen molar-refractivity contribution in [1.29, 1.82) is 0 Å². The van der Waals surface area contributed by atoms with E-state index >= 15 is 0 Å². The maximum Gasteiger partial charge on any atom is 0.329 e. The van der Waals surface area contributed by atoms with Gasteiger partial charge in [0.25, 0.3) is 0 Å². The zero-order valence-corrected chi connectivity index (χ0v) is 46.9. The van der Waals surface area contributed by atoms with Crippen LogP contribution in [0.3, 0.4) is 0 Å². The molecule has 0 unspecified atom stereocenters. The fourth-order valence-electron chi connectivity index (χ4n) is 14.6. The number of fused-ring (bicyclic) bond motifs is 13. The lowest BCUT2D eigenvalue weighted by molar-refractivity contribution is 0.331. The Morgan fingerprint density at radius 3 is 1.71 bits per heavy atom. The highest BCUT2D eigenvalue weighted by Gasteiger charge is 2.57. The molecule has 13 rings (SSSR count). The van der Waals surface area contributed by atoms with Crippen molar-refractivity contribution < 1.29 is 0 Å². The molecule has 0 saturated heterocycles. The molecule has 3 heterocycles. The minimum atomic E-state index is -0.331. The van der Waals surface area contributed by atoms with Gasteiger partial charge in [-0.15, -0.1) is 0 Å². The summed E-state index contributed by atoms with van der Waals surface area (Å²) in [5.41, 5.74) is 29.9. The molecular formula is C70H75BN2. The van der Waals surface area contributed by atoms with E-state index < -0.39 is 0 Å². The molecule has 0 N–H and O–H groups in total. The SMILES string of the molecule is CC(C)(C)c1ccc(N2C3=C(B4c5c(cc6c(c52)C(C)(C)c2ccccc2-6)-c2cc(C(C)(C)C)cc5c6cc(C(C)(C)C)ccc6n4c25)C(C)(C)c2cc4c(cc23)C(C)(C)CCC4(C)C)c(-c2ccccc2)c1. The summed E-state index contributed by atoms with van der Waals surface area (Å²) in [5, 5.41) is 2.74. The molecule has 73 heavy (non-hydrogen) atoms. The van der Waals surface area contributed by atoms with Crippen LogP contribution in [-0.4, -0.2) is 11.3 Å². The molecule has 1 aromatic heterocycles. The quantitative estimate of drug-likeness (QED) is 0.157. The Bertz CT molecular complexity index is 3790. The van der Waals surface area contributed by atoms with Gasteiger partial charge in [0.15, 0.2) is 0 Å². The van der Waals surface area contributed by atoms with Gasteiger partial charge in [-0.3, -0.25) is 0 Å². The number of rotatable bonds is 2. The van der Waals surface area contributed by atoms with Crippen LogP contribution in [0.2, 0.25) is 0 Å². The summed E-state index contributed by atoms with van der Waals surface area (Å²) >= 11 is 0. The first kappa shape index (κ1) is 46.7. The van der Waals surface area contributed by atoms with E-state index in [-0.39, 0.29) is 44.8 Å². The smallest absolute Gasteiger partial charge is 0.329 e. The molecular weight excluding hydrogens is 880 g/mol. The maximum atomic E-state index is 2.87. The summed E-state index contributed by atoms with van der Waals surface area (Å²) in [7, 11) is 0. The summed E-state index contributed by atoms with van der Waals surface area (Å²) in [4.78, 5) is 2.87. The Kier molecular flexibility index (Phi) is 9.22. The molecule has 8 aromatic rings. The molecule has 5 aliphatic rings. The van der Waals surface area contributed by atoms with E-state index in [1.54, 1.807) is 0 Å². The Balaban J connectivity index is 1.28. The number of hydrogen-bond donors (Lipinski definition) is 0. The van der Waals surface area contributed by atoms with E-state index in [4.69, 9.17) is 0 Å². The average Bonchev–Trinajstić information content (AvgIpc) is 3.93. The summed E-state index contributed by atoms with van der Waals surface area (Å²) < 4.78 is 2.86. The second kappa shape index (κ2) is 14.4. The van der Waals surface area contributed by atoms with Crippen molar-refractivity contribution in [2.24, 2.45) is 0 Å². The van der Waals surface area contributed by atoms with Crippen molar-refractivity contribution in [3.8, 4) is 33.4 Å². The zero-order valence-electron chi connectivity index (χ0n) is 46.9. The van der Waals surface area contributed by atoms with Crippen LogP contribution in [0, 0.1) is 0 Å². The third kappa shape index (κ3) is 6.24. The minimum absolute atomic E-state index is 0.00103. The molecule has 2 aliphatic heterocycles. The van der Waals surface area contributed by atoms with Crippen LogP contribution < -0.4 is 10.4 Å². The summed E-state index contributed by atoms with van der Waals surface area (Å²) in [6, 6.07) is 48.9. The number of benzene rings is 7. The molecule has 0 saturated carbocycles. The predicted molar refractivity (Wildman–Crippen MR) is 315 cm³/mol. The van der Waals surface area contributed by atoms with Crippen molar-refractivity contribution in [3.05, 3.63) is 177 Å². The number of aromatic nitrogens is 1. The minimum Gasteiger partial charge on any atom is -0.376 e. The number of anilines is 2. The second-order valence-corrected chi connectivity index (χ2v) is 28.5. The van der Waals surface area contributed by atoms with Gasteiger partial charge in [-0.25, -0.2) is 0 Å². The van der Waals surface area contributed by atoms with Gasteiger partial charge in [0.2, 0.25) is 0 Å². The van der Waals surface area contributed by atoms with Crippen LogP contribution in [-0.2, 0) is 37.9 Å². The highest BCUT2D eigenvalue weighted by molar-refractivity contribution is 6.86. The summed E-state index contributed by atoms with van der Waals surface area (Å²) in [6.45, 7) is 41.5. The molecule has 0 fully saturated rings. The monoisotopic (exact) mass is 955 g/mol. The fraction of sp³-hybridized carbons (Fsp3) is 0.371. The van der Waals surface area contributed by atoms with Crippen LogP contribution in [0.1, 0.15) is 181 Å². The molecule has 0 radical (unpaired) electrons. The van der Waals surface area contributed by atoms with E-state index in [0.29, 0.717) is 0 Å². The molecule has 3 heteroatoms. The predicted octanol–water partition coefficient (Wildman–Crippen LogP) is 18.1. The molecule has 2 nitrogen and oxygen atoms in total. The van der Waals surface area contributed by atoms with Crippen LogP contribution in [0.25, 0.3) is 60.9 Å². The molecule has 0 spiro atoms. The largest absolute Gasteiger partial charge is 0.376 e. The average molecular weight is 955 g/mol. The lowest BCUT2D eigenvalue weighted by atomic mass is 9.40. The lowest BCUT2D eigenvalue weighted by Crippen LogP contribution is -2.53. The van der Waals surface area contributed by atoms with E-state index in [1.165, 1.54) is 146 Å². The lowest BCUT2D eigenvalue weighted by Gasteiger charge is -2.45. The summed E-state index contributed by atoms with van der Waals surface area (Å²) in [5.74, 6) is 0. The van der Waals surface area contributed by atoms with Crippen LogP contribution >= 0.6 is 0 Å². The fourth-order valence-corrected chi connectivity index (χ4v) is 14.6. The molecule has 0 atom stereocenters. The van der Waals surface area contributed by atoms with E-state index in [2.05, 4.69) is 248 Å². The second-order valence-electron chi connectivity index (χ2n) is 28.5. The number of hydrogen-bond acceptors (Lipinski definition) is 1. The van der Waals surface area contributed by atoms with Crippen LogP contribution in [0.5, 0.6) is 0 Å². The standard InChI is InChI=1S/C70H75BN2/c1-64(2,3)41-27-29-56(45(33-41)40-23-19-18-20-24-40)72-61-51-38-54-55(68(12,13)32-31-67(54,10)11)39-53(51)70(16,17)63(61)71-59-48(37-47-44-25-21-22-26-52(44)69(14,15)58(47)62(59)72)50-36-43(66(7,8)9)35-49-46-34-42(65(4,5)6)28-30-57(46)73(71)60(49)50/h18-30,33-39H,31-32H2,1-17H3. The Labute approximate surface area is 437 Å². The third-order valence-corrected chi connectivity index (χ3v) is 19.1. The first-order chi connectivity index (χ1) is 34.1. The van der Waals surface area contributed by atoms with Gasteiger partial charge in [0.05, 0.1) is 5.69 Å². The van der Waals surface area contributed by atoms with Crippen molar-refractivity contribution in [2.75, 3.05) is 4.90 Å². The van der Waals surface area contributed by atoms with Gasteiger partial charge in [0, 0.05) is 60.7 Å². The first-order valence-corrected chi connectivity index (χ1v) is 27.5. The molecule has 3 aliphatic carbocycles. The number of nitrogens with zero attached hydrogens (tertiary/aromatic N) is 2. The number of allylic oxidation sites excluding steroid dienone is 1. The van der Waals surface area contributed by atoms with Gasteiger partial charge in [-0.05, 0) is 166 Å². The van der Waals surface area contributed by atoms with Crippen molar-refractivity contribution in [1.82, 2.24) is 4.48 Å². The highest BCUT2D eigenvalue weighted by atomic mass is 15.2. The van der Waals surface area contributed by atoms with E-state index in [1.807, 2.05) is 0 Å². The van der Waals surface area contributed by atoms with Gasteiger partial charge in [-0.2, -0.15) is 0 Å².